The molecule has 5 heteroatoms. The van der Waals surface area contributed by atoms with E-state index < -0.39 is 11.4 Å². The Labute approximate surface area is 119 Å². The molecule has 100 valence electrons. The molecule has 1 saturated carbocycles. The summed E-state index contributed by atoms with van der Waals surface area (Å²) in [5, 5.41) is 2.91. The van der Waals surface area contributed by atoms with Gasteiger partial charge in [0, 0.05) is 15.7 Å². The van der Waals surface area contributed by atoms with Gasteiger partial charge in [0.15, 0.2) is 0 Å². The Morgan fingerprint density at radius 3 is 2.68 bits per heavy atom. The van der Waals surface area contributed by atoms with Gasteiger partial charge in [-0.25, -0.2) is 4.79 Å². The van der Waals surface area contributed by atoms with Crippen LogP contribution in [0.1, 0.15) is 41.6 Å². The van der Waals surface area contributed by atoms with Crippen molar-refractivity contribution in [2.75, 3.05) is 12.4 Å². The van der Waals surface area contributed by atoms with Crippen LogP contribution >= 0.6 is 15.9 Å². The molecule has 1 aliphatic carbocycles. The van der Waals surface area contributed by atoms with Crippen molar-refractivity contribution in [3.05, 3.63) is 27.7 Å². The van der Waals surface area contributed by atoms with Crippen LogP contribution in [0.5, 0.6) is 0 Å². The Morgan fingerprint density at radius 2 is 2.05 bits per heavy atom. The van der Waals surface area contributed by atoms with Gasteiger partial charge in [0.25, 0.3) is 0 Å². The Bertz CT molecular complexity index is 576. The van der Waals surface area contributed by atoms with E-state index in [1.807, 2.05) is 0 Å². The lowest BCUT2D eigenvalue weighted by Crippen LogP contribution is -2.31. The van der Waals surface area contributed by atoms with E-state index in [4.69, 9.17) is 4.74 Å². The SMILES string of the molecule is COC(=O)c1cc(Br)c2c(c1)NC(=O)C21CCCC1. The lowest BCUT2D eigenvalue weighted by molar-refractivity contribution is -0.120. The van der Waals surface area contributed by atoms with E-state index >= 15 is 0 Å². The lowest BCUT2D eigenvalue weighted by atomic mass is 9.80. The minimum absolute atomic E-state index is 0.0581. The molecule has 1 fully saturated rings. The summed E-state index contributed by atoms with van der Waals surface area (Å²) in [6.07, 6.45) is 3.89. The fourth-order valence-corrected chi connectivity index (χ4v) is 4.08. The molecule has 1 heterocycles. The molecule has 2 aliphatic rings. The molecule has 0 aromatic heterocycles. The normalized spacial score (nSPS) is 19.4. The Morgan fingerprint density at radius 1 is 1.37 bits per heavy atom. The molecule has 1 aromatic carbocycles. The van der Waals surface area contributed by atoms with E-state index in [9.17, 15) is 9.59 Å². The first kappa shape index (κ1) is 12.7. The maximum Gasteiger partial charge on any atom is 0.337 e. The third-order valence-corrected chi connectivity index (χ3v) is 4.76. The van der Waals surface area contributed by atoms with Crippen LogP contribution in [0.3, 0.4) is 0 Å². The zero-order chi connectivity index (χ0) is 13.6. The van der Waals surface area contributed by atoms with Gasteiger partial charge in [-0.3, -0.25) is 4.79 Å². The van der Waals surface area contributed by atoms with E-state index in [2.05, 4.69) is 21.2 Å². The topological polar surface area (TPSA) is 55.4 Å². The third kappa shape index (κ3) is 1.71. The van der Waals surface area contributed by atoms with Gasteiger partial charge in [-0.05, 0) is 25.0 Å². The summed E-state index contributed by atoms with van der Waals surface area (Å²) >= 11 is 3.51. The molecule has 19 heavy (non-hydrogen) atoms. The summed E-state index contributed by atoms with van der Waals surface area (Å²) < 4.78 is 5.53. The molecular weight excluding hydrogens is 310 g/mol. The molecule has 0 bridgehead atoms. The highest BCUT2D eigenvalue weighted by Crippen LogP contribution is 2.51. The molecule has 3 rings (SSSR count). The third-order valence-electron chi connectivity index (χ3n) is 4.13. The first-order chi connectivity index (χ1) is 9.08. The van der Waals surface area contributed by atoms with Crippen LogP contribution < -0.4 is 5.32 Å². The average Bonchev–Trinajstić information content (AvgIpc) is 2.97. The van der Waals surface area contributed by atoms with Crippen LogP contribution in [0.4, 0.5) is 5.69 Å². The molecule has 0 saturated heterocycles. The number of esters is 1. The minimum Gasteiger partial charge on any atom is -0.465 e. The van der Waals surface area contributed by atoms with Gasteiger partial charge in [-0.1, -0.05) is 28.8 Å². The zero-order valence-corrected chi connectivity index (χ0v) is 12.2. The number of amides is 1. The summed E-state index contributed by atoms with van der Waals surface area (Å²) in [6, 6.07) is 3.45. The van der Waals surface area contributed by atoms with Crippen molar-refractivity contribution in [2.24, 2.45) is 0 Å². The molecule has 4 nitrogen and oxygen atoms in total. The number of halogens is 1. The molecule has 1 amide bonds. The summed E-state index contributed by atoms with van der Waals surface area (Å²) in [6.45, 7) is 0. The predicted octanol–water partition coefficient (Wildman–Crippen LogP) is 3.00. The molecule has 1 aliphatic heterocycles. The quantitative estimate of drug-likeness (QED) is 0.808. The smallest absolute Gasteiger partial charge is 0.337 e. The number of hydrogen-bond donors (Lipinski definition) is 1. The van der Waals surface area contributed by atoms with Gasteiger partial charge in [0.2, 0.25) is 5.91 Å². The van der Waals surface area contributed by atoms with Crippen molar-refractivity contribution < 1.29 is 14.3 Å². The first-order valence-electron chi connectivity index (χ1n) is 6.32. The van der Waals surface area contributed by atoms with Gasteiger partial charge in [0.05, 0.1) is 18.1 Å². The van der Waals surface area contributed by atoms with Gasteiger partial charge in [-0.15, -0.1) is 0 Å². The molecule has 1 N–H and O–H groups in total. The van der Waals surface area contributed by atoms with E-state index in [0.29, 0.717) is 5.56 Å². The highest BCUT2D eigenvalue weighted by molar-refractivity contribution is 9.10. The van der Waals surface area contributed by atoms with Gasteiger partial charge in [0.1, 0.15) is 0 Å². The van der Waals surface area contributed by atoms with Crippen molar-refractivity contribution >= 4 is 33.5 Å². The average molecular weight is 324 g/mol. The standard InChI is InChI=1S/C14H14BrNO3/c1-19-12(17)8-6-9(15)11-10(7-8)16-13(18)14(11)4-2-3-5-14/h6-7H,2-5H2,1H3,(H,16,18). The van der Waals surface area contributed by atoms with Crippen molar-refractivity contribution in [1.29, 1.82) is 0 Å². The second-order valence-corrected chi connectivity index (χ2v) is 5.97. The Hall–Kier alpha value is -1.36. The number of rotatable bonds is 1. The summed E-state index contributed by atoms with van der Waals surface area (Å²) in [5.41, 5.74) is 1.79. The van der Waals surface area contributed by atoms with Crippen LogP contribution in [0.2, 0.25) is 0 Å². The second kappa shape index (κ2) is 4.34. The number of hydrogen-bond acceptors (Lipinski definition) is 3. The molecule has 0 radical (unpaired) electrons. The van der Waals surface area contributed by atoms with Crippen molar-refractivity contribution in [1.82, 2.24) is 0 Å². The van der Waals surface area contributed by atoms with E-state index in [1.165, 1.54) is 7.11 Å². The number of methoxy groups -OCH3 is 1. The fourth-order valence-electron chi connectivity index (χ4n) is 3.24. The maximum atomic E-state index is 12.3. The largest absolute Gasteiger partial charge is 0.465 e. The second-order valence-electron chi connectivity index (χ2n) is 5.12. The Balaban J connectivity index is 2.15. The molecule has 1 aromatic rings. The molecule has 0 atom stereocenters. The summed E-state index contributed by atoms with van der Waals surface area (Å²) in [5.74, 6) is -0.340. The summed E-state index contributed by atoms with van der Waals surface area (Å²) in [7, 11) is 1.35. The van der Waals surface area contributed by atoms with Gasteiger partial charge in [-0.2, -0.15) is 0 Å². The predicted molar refractivity (Wildman–Crippen MR) is 74.3 cm³/mol. The van der Waals surface area contributed by atoms with E-state index in [0.717, 1.165) is 41.4 Å². The van der Waals surface area contributed by atoms with Gasteiger partial charge >= 0.3 is 5.97 Å². The van der Waals surface area contributed by atoms with Crippen molar-refractivity contribution in [3.63, 3.8) is 0 Å². The number of carbonyl (C=O) groups is 2. The van der Waals surface area contributed by atoms with E-state index in [-0.39, 0.29) is 5.91 Å². The first-order valence-corrected chi connectivity index (χ1v) is 7.11. The number of ether oxygens (including phenoxy) is 1. The number of anilines is 1. The van der Waals surface area contributed by atoms with Crippen LogP contribution in [0.25, 0.3) is 0 Å². The minimum atomic E-state index is -0.400. The van der Waals surface area contributed by atoms with Crippen LogP contribution in [0.15, 0.2) is 16.6 Å². The fraction of sp³-hybridized carbons (Fsp3) is 0.429. The molecule has 1 spiro atoms. The zero-order valence-electron chi connectivity index (χ0n) is 10.6. The van der Waals surface area contributed by atoms with Gasteiger partial charge < -0.3 is 10.1 Å². The number of nitrogens with one attached hydrogen (secondary N) is 1. The van der Waals surface area contributed by atoms with Crippen LogP contribution in [-0.4, -0.2) is 19.0 Å². The van der Waals surface area contributed by atoms with Crippen molar-refractivity contribution in [3.8, 4) is 0 Å². The number of benzene rings is 1. The number of fused-ring (bicyclic) bond motifs is 2. The lowest BCUT2D eigenvalue weighted by Gasteiger charge is -2.21. The van der Waals surface area contributed by atoms with Crippen molar-refractivity contribution in [2.45, 2.75) is 31.1 Å². The molecular formula is C14H14BrNO3. The maximum absolute atomic E-state index is 12.3. The van der Waals surface area contributed by atoms with Crippen LogP contribution in [0, 0.1) is 0 Å². The monoisotopic (exact) mass is 323 g/mol. The highest BCUT2D eigenvalue weighted by Gasteiger charge is 2.49. The Kier molecular flexibility index (Phi) is 2.89. The highest BCUT2D eigenvalue weighted by atomic mass is 79.9. The van der Waals surface area contributed by atoms with E-state index in [1.54, 1.807) is 12.1 Å². The number of carbonyl (C=O) groups excluding carboxylic acids is 2. The van der Waals surface area contributed by atoms with Crippen LogP contribution in [-0.2, 0) is 14.9 Å². The molecule has 0 unspecified atom stereocenters. The summed E-state index contributed by atoms with van der Waals surface area (Å²) in [4.78, 5) is 23.9.